The fourth-order valence-electron chi connectivity index (χ4n) is 2.24. The van der Waals surface area contributed by atoms with Crippen LogP contribution in [0.1, 0.15) is 19.6 Å². The Hall–Kier alpha value is -2.40. The Morgan fingerprint density at radius 1 is 1.14 bits per heavy atom. The first kappa shape index (κ1) is 14.5. The van der Waals surface area contributed by atoms with Gasteiger partial charge in [-0.1, -0.05) is 30.3 Å². The number of hydrogen-bond donors (Lipinski definition) is 0. The van der Waals surface area contributed by atoms with Crippen molar-refractivity contribution in [1.29, 1.82) is 0 Å². The molecule has 0 unspecified atom stereocenters. The third kappa shape index (κ3) is 2.67. The molecule has 1 amide bonds. The van der Waals surface area contributed by atoms with Gasteiger partial charge in [-0.2, -0.15) is 0 Å². The summed E-state index contributed by atoms with van der Waals surface area (Å²) < 4.78 is 11.1. The van der Waals surface area contributed by atoms with Crippen LogP contribution in [0.15, 0.2) is 52.6 Å². The summed E-state index contributed by atoms with van der Waals surface area (Å²) in [5, 5.41) is 0.182. The van der Waals surface area contributed by atoms with Crippen LogP contribution in [0.25, 0.3) is 17.4 Å². The van der Waals surface area contributed by atoms with Crippen molar-refractivity contribution < 1.29 is 13.9 Å². The van der Waals surface area contributed by atoms with Crippen molar-refractivity contribution in [2.75, 3.05) is 0 Å². The summed E-state index contributed by atoms with van der Waals surface area (Å²) in [4.78, 5) is 13.7. The summed E-state index contributed by atoms with van der Waals surface area (Å²) in [5.41, 5.74) is 0.977. The monoisotopic (exact) mass is 313 g/mol. The quantitative estimate of drug-likeness (QED) is 0.638. The van der Waals surface area contributed by atoms with Gasteiger partial charge >= 0.3 is 0 Å². The SMILES string of the molecule is CC(C)N1C(=O)C(=Cc2ccc(-c3ccccc3)o2)OC1=S. The molecule has 0 aliphatic carbocycles. The molecule has 2 aromatic rings. The van der Waals surface area contributed by atoms with E-state index in [0.29, 0.717) is 5.76 Å². The van der Waals surface area contributed by atoms with Crippen LogP contribution in [0.4, 0.5) is 0 Å². The zero-order chi connectivity index (χ0) is 15.7. The average Bonchev–Trinajstić information content (AvgIpc) is 3.06. The van der Waals surface area contributed by atoms with Crippen LogP contribution in [0, 0.1) is 0 Å². The molecule has 2 heterocycles. The van der Waals surface area contributed by atoms with Gasteiger partial charge < -0.3 is 9.15 Å². The summed E-state index contributed by atoms with van der Waals surface area (Å²) >= 11 is 5.08. The van der Waals surface area contributed by atoms with Crippen molar-refractivity contribution in [3.63, 3.8) is 0 Å². The van der Waals surface area contributed by atoms with Crippen molar-refractivity contribution in [3.05, 3.63) is 54.0 Å². The second-order valence-corrected chi connectivity index (χ2v) is 5.56. The van der Waals surface area contributed by atoms with E-state index in [0.717, 1.165) is 11.3 Å². The van der Waals surface area contributed by atoms with E-state index in [1.54, 1.807) is 12.1 Å². The molecular formula is C17H15NO3S. The number of amides is 1. The van der Waals surface area contributed by atoms with Crippen molar-refractivity contribution in [2.45, 2.75) is 19.9 Å². The number of benzene rings is 1. The molecule has 1 fully saturated rings. The van der Waals surface area contributed by atoms with Crippen molar-refractivity contribution >= 4 is 29.4 Å². The second kappa shape index (κ2) is 5.77. The summed E-state index contributed by atoms with van der Waals surface area (Å²) in [6, 6.07) is 13.4. The van der Waals surface area contributed by atoms with Crippen LogP contribution in [-0.4, -0.2) is 22.0 Å². The minimum Gasteiger partial charge on any atom is -0.457 e. The number of furan rings is 1. The lowest BCUT2D eigenvalue weighted by atomic mass is 10.2. The predicted octanol–water partition coefficient (Wildman–Crippen LogP) is 3.84. The number of nitrogens with zero attached hydrogens (tertiary/aromatic N) is 1. The standard InChI is InChI=1S/C17H15NO3S/c1-11(2)18-16(19)15(21-17(18)22)10-13-8-9-14(20-13)12-6-4-3-5-7-12/h3-11H,1-2H3. The maximum atomic E-state index is 12.2. The Kier molecular flexibility index (Phi) is 3.81. The first-order chi connectivity index (χ1) is 10.6. The second-order valence-electron chi connectivity index (χ2n) is 5.21. The number of ether oxygens (including phenoxy) is 1. The molecule has 112 valence electrons. The van der Waals surface area contributed by atoms with E-state index in [9.17, 15) is 4.79 Å². The van der Waals surface area contributed by atoms with Gasteiger partial charge in [0.2, 0.25) is 0 Å². The maximum Gasteiger partial charge on any atom is 0.297 e. The lowest BCUT2D eigenvalue weighted by Gasteiger charge is -2.15. The summed E-state index contributed by atoms with van der Waals surface area (Å²) in [7, 11) is 0. The smallest absolute Gasteiger partial charge is 0.297 e. The third-order valence-electron chi connectivity index (χ3n) is 3.30. The van der Waals surface area contributed by atoms with Gasteiger partial charge in [-0.3, -0.25) is 9.69 Å². The normalized spacial score (nSPS) is 16.7. The van der Waals surface area contributed by atoms with Crippen molar-refractivity contribution in [1.82, 2.24) is 4.90 Å². The number of carbonyl (C=O) groups is 1. The lowest BCUT2D eigenvalue weighted by Crippen LogP contribution is -2.34. The van der Waals surface area contributed by atoms with Gasteiger partial charge in [0.15, 0.2) is 5.76 Å². The van der Waals surface area contributed by atoms with Crippen LogP contribution >= 0.6 is 12.2 Å². The van der Waals surface area contributed by atoms with E-state index in [2.05, 4.69) is 0 Å². The zero-order valence-corrected chi connectivity index (χ0v) is 13.1. The van der Waals surface area contributed by atoms with Crippen molar-refractivity contribution in [2.24, 2.45) is 0 Å². The minimum absolute atomic E-state index is 0.0395. The number of hydrogen-bond acceptors (Lipinski definition) is 4. The summed E-state index contributed by atoms with van der Waals surface area (Å²) in [6.45, 7) is 3.77. The fraction of sp³-hybridized carbons (Fsp3) is 0.176. The number of thiocarbonyl (C=S) groups is 1. The van der Waals surface area contributed by atoms with Crippen molar-refractivity contribution in [3.8, 4) is 11.3 Å². The highest BCUT2D eigenvalue weighted by atomic mass is 32.1. The van der Waals surface area contributed by atoms with Crippen LogP contribution < -0.4 is 0 Å². The lowest BCUT2D eigenvalue weighted by molar-refractivity contribution is -0.123. The number of carbonyl (C=O) groups excluding carboxylic acids is 1. The molecular weight excluding hydrogens is 298 g/mol. The topological polar surface area (TPSA) is 42.7 Å². The van der Waals surface area contributed by atoms with Gasteiger partial charge in [-0.15, -0.1) is 0 Å². The molecule has 0 spiro atoms. The fourth-order valence-corrected chi connectivity index (χ4v) is 2.63. The molecule has 1 aliphatic rings. The highest BCUT2D eigenvalue weighted by Gasteiger charge is 2.35. The van der Waals surface area contributed by atoms with E-state index < -0.39 is 0 Å². The van der Waals surface area contributed by atoms with Gasteiger partial charge in [0, 0.05) is 17.7 Å². The average molecular weight is 313 g/mol. The molecule has 22 heavy (non-hydrogen) atoms. The Balaban J connectivity index is 1.86. The molecule has 3 rings (SSSR count). The molecule has 0 radical (unpaired) electrons. The van der Waals surface area contributed by atoms with Crippen LogP contribution in [0.5, 0.6) is 0 Å². The zero-order valence-electron chi connectivity index (χ0n) is 12.3. The number of rotatable bonds is 3. The maximum absolute atomic E-state index is 12.2. The molecule has 4 nitrogen and oxygen atoms in total. The van der Waals surface area contributed by atoms with Gasteiger partial charge in [0.05, 0.1) is 0 Å². The van der Waals surface area contributed by atoms with Crippen LogP contribution in [0.3, 0.4) is 0 Å². The first-order valence-electron chi connectivity index (χ1n) is 6.98. The molecule has 1 aliphatic heterocycles. The Bertz CT molecular complexity index is 746. The van der Waals surface area contributed by atoms with E-state index >= 15 is 0 Å². The van der Waals surface area contributed by atoms with E-state index in [1.165, 1.54) is 4.90 Å². The molecule has 0 N–H and O–H groups in total. The van der Waals surface area contributed by atoms with E-state index in [1.807, 2.05) is 50.2 Å². The third-order valence-corrected chi connectivity index (χ3v) is 3.58. The Morgan fingerprint density at radius 2 is 1.86 bits per heavy atom. The molecule has 1 aromatic carbocycles. The first-order valence-corrected chi connectivity index (χ1v) is 7.39. The van der Waals surface area contributed by atoms with Crippen LogP contribution in [0.2, 0.25) is 0 Å². The predicted molar refractivity (Wildman–Crippen MR) is 87.8 cm³/mol. The van der Waals surface area contributed by atoms with E-state index in [-0.39, 0.29) is 22.9 Å². The molecule has 0 bridgehead atoms. The van der Waals surface area contributed by atoms with Gasteiger partial charge in [-0.25, -0.2) is 0 Å². The highest BCUT2D eigenvalue weighted by molar-refractivity contribution is 7.80. The highest BCUT2D eigenvalue weighted by Crippen LogP contribution is 2.26. The molecule has 5 heteroatoms. The molecule has 0 saturated carbocycles. The van der Waals surface area contributed by atoms with E-state index in [4.69, 9.17) is 21.4 Å². The van der Waals surface area contributed by atoms with Gasteiger partial charge in [-0.05, 0) is 38.2 Å². The Labute approximate surface area is 134 Å². The van der Waals surface area contributed by atoms with Gasteiger partial charge in [0.1, 0.15) is 11.5 Å². The molecule has 1 aromatic heterocycles. The molecule has 1 saturated heterocycles. The summed E-state index contributed by atoms with van der Waals surface area (Å²) in [6.07, 6.45) is 1.57. The minimum atomic E-state index is -0.238. The van der Waals surface area contributed by atoms with Crippen LogP contribution in [-0.2, 0) is 9.53 Å². The summed E-state index contributed by atoms with van der Waals surface area (Å²) in [5.74, 6) is 1.24. The largest absolute Gasteiger partial charge is 0.457 e. The Morgan fingerprint density at radius 3 is 2.50 bits per heavy atom. The molecule has 0 atom stereocenters. The van der Waals surface area contributed by atoms with Gasteiger partial charge in [0.25, 0.3) is 11.1 Å².